The molecule has 5 rings (SSSR count). The zero-order chi connectivity index (χ0) is 33.6. The Balaban J connectivity index is 1.60. The van der Waals surface area contributed by atoms with Crippen molar-refractivity contribution in [3.05, 3.63) is 128 Å². The maximum absolute atomic E-state index is 14.7. The molecular weight excluding hydrogens is 700 g/mol. The summed E-state index contributed by atoms with van der Waals surface area (Å²) in [6.07, 6.45) is 3.88. The third kappa shape index (κ3) is 8.61. The van der Waals surface area contributed by atoms with Crippen molar-refractivity contribution in [2.45, 2.75) is 55.6 Å². The fourth-order valence-corrected chi connectivity index (χ4v) is 8.04. The second-order valence-electron chi connectivity index (χ2n) is 11.4. The first-order chi connectivity index (χ1) is 22.5. The van der Waals surface area contributed by atoms with E-state index in [0.29, 0.717) is 15.6 Å². The van der Waals surface area contributed by atoms with Crippen molar-refractivity contribution >= 4 is 73.9 Å². The zero-order valence-electron chi connectivity index (χ0n) is 25.3. The van der Waals surface area contributed by atoms with Gasteiger partial charge in [0.1, 0.15) is 12.6 Å². The lowest BCUT2D eigenvalue weighted by Crippen LogP contribution is -2.54. The van der Waals surface area contributed by atoms with Gasteiger partial charge in [-0.2, -0.15) is 0 Å². The molecular formula is C35H33Cl4N3O4S. The number of nitrogens with one attached hydrogen (secondary N) is 1. The van der Waals surface area contributed by atoms with Crippen LogP contribution in [0.15, 0.2) is 102 Å². The van der Waals surface area contributed by atoms with Gasteiger partial charge in [0.2, 0.25) is 11.8 Å². The van der Waals surface area contributed by atoms with Crippen molar-refractivity contribution in [3.63, 3.8) is 0 Å². The Hall–Kier alpha value is -3.27. The van der Waals surface area contributed by atoms with Crippen LogP contribution in [0, 0.1) is 0 Å². The molecule has 1 aliphatic carbocycles. The lowest BCUT2D eigenvalue weighted by atomic mass is 10.0. The molecule has 12 heteroatoms. The molecule has 0 saturated heterocycles. The van der Waals surface area contributed by atoms with E-state index in [9.17, 15) is 18.0 Å². The van der Waals surface area contributed by atoms with Gasteiger partial charge in [-0.25, -0.2) is 8.42 Å². The summed E-state index contributed by atoms with van der Waals surface area (Å²) in [7, 11) is -4.33. The first-order valence-electron chi connectivity index (χ1n) is 15.1. The molecule has 4 aromatic carbocycles. The number of carbonyl (C=O) groups excluding carboxylic acids is 2. The number of hydrogen-bond acceptors (Lipinski definition) is 4. The second kappa shape index (κ2) is 15.8. The number of halogens is 4. The summed E-state index contributed by atoms with van der Waals surface area (Å²) < 4.78 is 29.3. The maximum atomic E-state index is 14.7. The highest BCUT2D eigenvalue weighted by Crippen LogP contribution is 2.36. The van der Waals surface area contributed by atoms with E-state index in [1.807, 2.05) is 30.3 Å². The van der Waals surface area contributed by atoms with E-state index in [1.165, 1.54) is 29.2 Å². The molecule has 0 heterocycles. The van der Waals surface area contributed by atoms with Crippen molar-refractivity contribution in [2.24, 2.45) is 0 Å². The maximum Gasteiger partial charge on any atom is 0.264 e. The normalized spacial score (nSPS) is 14.0. The topological polar surface area (TPSA) is 86.8 Å². The Morgan fingerprint density at radius 3 is 2.13 bits per heavy atom. The molecule has 4 aromatic rings. The summed E-state index contributed by atoms with van der Waals surface area (Å²) in [6.45, 7) is -0.766. The van der Waals surface area contributed by atoms with Gasteiger partial charge < -0.3 is 10.2 Å². The van der Waals surface area contributed by atoms with Crippen LogP contribution in [0.3, 0.4) is 0 Å². The lowest BCUT2D eigenvalue weighted by molar-refractivity contribution is -0.140. The predicted molar refractivity (Wildman–Crippen MR) is 189 cm³/mol. The highest BCUT2D eigenvalue weighted by atomic mass is 35.5. The van der Waals surface area contributed by atoms with Crippen LogP contribution < -0.4 is 9.62 Å². The molecule has 2 amide bonds. The van der Waals surface area contributed by atoms with Crippen LogP contribution in [0.2, 0.25) is 20.1 Å². The van der Waals surface area contributed by atoms with Crippen molar-refractivity contribution in [1.29, 1.82) is 0 Å². The van der Waals surface area contributed by atoms with Crippen LogP contribution in [0.5, 0.6) is 0 Å². The van der Waals surface area contributed by atoms with E-state index in [1.54, 1.807) is 42.5 Å². The summed E-state index contributed by atoms with van der Waals surface area (Å²) in [4.78, 5) is 30.1. The van der Waals surface area contributed by atoms with Gasteiger partial charge in [-0.05, 0) is 60.4 Å². The minimum atomic E-state index is -4.33. The average molecular weight is 734 g/mol. The van der Waals surface area contributed by atoms with Gasteiger partial charge >= 0.3 is 0 Å². The van der Waals surface area contributed by atoms with Gasteiger partial charge in [-0.15, -0.1) is 0 Å². The summed E-state index contributed by atoms with van der Waals surface area (Å²) in [5.41, 5.74) is 1.39. The van der Waals surface area contributed by atoms with Gasteiger partial charge in [0.15, 0.2) is 0 Å². The summed E-state index contributed by atoms with van der Waals surface area (Å²) in [5, 5.41) is 3.94. The van der Waals surface area contributed by atoms with Crippen molar-refractivity contribution < 1.29 is 18.0 Å². The van der Waals surface area contributed by atoms with E-state index in [0.717, 1.165) is 35.6 Å². The molecule has 7 nitrogen and oxygen atoms in total. The van der Waals surface area contributed by atoms with E-state index >= 15 is 0 Å². The number of hydrogen-bond donors (Lipinski definition) is 1. The molecule has 0 unspecified atom stereocenters. The molecule has 1 N–H and O–H groups in total. The molecule has 246 valence electrons. The van der Waals surface area contributed by atoms with Crippen molar-refractivity contribution in [2.75, 3.05) is 10.8 Å². The van der Waals surface area contributed by atoms with E-state index in [4.69, 9.17) is 46.4 Å². The molecule has 0 aromatic heterocycles. The number of sulfonamides is 1. The SMILES string of the molecule is O=C(NC1CCCC1)[C@@H](Cc1ccccc1)N(Cc1ccc(Cl)cc1Cl)C(=O)CN(c1cccc(Cl)c1Cl)S(=O)(=O)c1ccccc1. The molecule has 1 aliphatic rings. The molecule has 0 radical (unpaired) electrons. The Morgan fingerprint density at radius 1 is 0.809 bits per heavy atom. The van der Waals surface area contributed by atoms with Crippen LogP contribution in [0.25, 0.3) is 0 Å². The third-order valence-electron chi connectivity index (χ3n) is 8.14. The number of carbonyl (C=O) groups is 2. The minimum Gasteiger partial charge on any atom is -0.352 e. The minimum absolute atomic E-state index is 0.0166. The first-order valence-corrected chi connectivity index (χ1v) is 18.1. The van der Waals surface area contributed by atoms with Gasteiger partial charge in [0.05, 0.1) is 20.6 Å². The largest absolute Gasteiger partial charge is 0.352 e. The fraction of sp³-hybridized carbons (Fsp3) is 0.257. The van der Waals surface area contributed by atoms with E-state index in [2.05, 4.69) is 5.32 Å². The quantitative estimate of drug-likeness (QED) is 0.159. The Bertz CT molecular complexity index is 1820. The number of anilines is 1. The van der Waals surface area contributed by atoms with E-state index in [-0.39, 0.29) is 45.5 Å². The Kier molecular flexibility index (Phi) is 11.7. The van der Waals surface area contributed by atoms with Gasteiger partial charge in [-0.1, -0.05) is 120 Å². The van der Waals surface area contributed by atoms with Gasteiger partial charge in [0, 0.05) is 29.1 Å². The summed E-state index contributed by atoms with van der Waals surface area (Å²) in [5.74, 6) is -0.980. The highest BCUT2D eigenvalue weighted by molar-refractivity contribution is 7.92. The summed E-state index contributed by atoms with van der Waals surface area (Å²) >= 11 is 25.7. The molecule has 1 saturated carbocycles. The van der Waals surface area contributed by atoms with E-state index < -0.39 is 28.5 Å². The molecule has 1 fully saturated rings. The Morgan fingerprint density at radius 2 is 1.47 bits per heavy atom. The lowest BCUT2D eigenvalue weighted by Gasteiger charge is -2.34. The van der Waals surface area contributed by atoms with Crippen molar-refractivity contribution in [1.82, 2.24) is 10.2 Å². The smallest absolute Gasteiger partial charge is 0.264 e. The highest BCUT2D eigenvalue weighted by Gasteiger charge is 2.36. The zero-order valence-corrected chi connectivity index (χ0v) is 29.1. The van der Waals surface area contributed by atoms with Crippen LogP contribution in [0.1, 0.15) is 36.8 Å². The average Bonchev–Trinajstić information content (AvgIpc) is 3.57. The number of amides is 2. The molecule has 0 spiro atoms. The molecule has 1 atom stereocenters. The number of benzene rings is 4. The van der Waals surface area contributed by atoms with Crippen LogP contribution in [-0.2, 0) is 32.6 Å². The fourth-order valence-electron chi connectivity index (χ4n) is 5.67. The van der Waals surface area contributed by atoms with Crippen LogP contribution >= 0.6 is 46.4 Å². The monoisotopic (exact) mass is 731 g/mol. The summed E-state index contributed by atoms with van der Waals surface area (Å²) in [6, 6.07) is 25.5. The molecule has 0 aliphatic heterocycles. The van der Waals surface area contributed by atoms with Crippen LogP contribution in [0.4, 0.5) is 5.69 Å². The second-order valence-corrected chi connectivity index (χ2v) is 14.8. The first kappa shape index (κ1) is 35.0. The molecule has 47 heavy (non-hydrogen) atoms. The standard InChI is InChI=1S/C35H33Cl4N3O4S/c36-26-19-18-25(30(38)21-26)22-41(32(20-24-10-3-1-4-11-24)35(44)40-27-12-7-8-13-27)33(43)23-42(31-17-9-16-29(37)34(31)39)47(45,46)28-14-5-2-6-15-28/h1-6,9-11,14-19,21,27,32H,7-8,12-13,20,22-23H2,(H,40,44)/t32-/m1/s1. The molecule has 0 bridgehead atoms. The Labute approximate surface area is 295 Å². The van der Waals surface area contributed by atoms with Gasteiger partial charge in [0.25, 0.3) is 10.0 Å². The number of nitrogens with zero attached hydrogens (tertiary/aromatic N) is 2. The van der Waals surface area contributed by atoms with Gasteiger partial charge in [-0.3, -0.25) is 13.9 Å². The number of rotatable bonds is 12. The van der Waals surface area contributed by atoms with Crippen LogP contribution in [-0.4, -0.2) is 43.8 Å². The predicted octanol–water partition coefficient (Wildman–Crippen LogP) is 8.19. The van der Waals surface area contributed by atoms with Crippen molar-refractivity contribution in [3.8, 4) is 0 Å². The third-order valence-corrected chi connectivity index (χ3v) is 11.3.